The van der Waals surface area contributed by atoms with Crippen molar-refractivity contribution in [3.8, 4) is 17.0 Å². The topological polar surface area (TPSA) is 47.0 Å². The number of hydrogen-bond acceptors (Lipinski definition) is 4. The normalized spacial score (nSPS) is 15.1. The first kappa shape index (κ1) is 12.1. The SMILES string of the molecule is COc1ccc(-c2cc(C3CNC3)nc(C)n2)cc1. The summed E-state index contributed by atoms with van der Waals surface area (Å²) in [5.41, 5.74) is 3.22. The molecule has 0 spiro atoms. The van der Waals surface area contributed by atoms with E-state index in [9.17, 15) is 0 Å². The van der Waals surface area contributed by atoms with Crippen molar-refractivity contribution in [2.24, 2.45) is 0 Å². The van der Waals surface area contributed by atoms with Gasteiger partial charge in [0.1, 0.15) is 11.6 Å². The summed E-state index contributed by atoms with van der Waals surface area (Å²) < 4.78 is 5.18. The number of rotatable bonds is 3. The van der Waals surface area contributed by atoms with E-state index < -0.39 is 0 Å². The monoisotopic (exact) mass is 255 g/mol. The van der Waals surface area contributed by atoms with Crippen LogP contribution in [0.3, 0.4) is 0 Å². The highest BCUT2D eigenvalue weighted by Gasteiger charge is 2.21. The summed E-state index contributed by atoms with van der Waals surface area (Å²) in [7, 11) is 1.67. The van der Waals surface area contributed by atoms with Gasteiger partial charge in [0.25, 0.3) is 0 Å². The number of ether oxygens (including phenoxy) is 1. The zero-order valence-corrected chi connectivity index (χ0v) is 11.2. The second-order valence-electron chi connectivity index (χ2n) is 4.81. The Hall–Kier alpha value is -1.94. The summed E-state index contributed by atoms with van der Waals surface area (Å²) in [6.07, 6.45) is 0. The molecule has 98 valence electrons. The Morgan fingerprint density at radius 1 is 1.16 bits per heavy atom. The Labute approximate surface area is 112 Å². The lowest BCUT2D eigenvalue weighted by molar-refractivity contribution is 0.415. The minimum atomic E-state index is 0.527. The molecule has 0 aliphatic carbocycles. The zero-order chi connectivity index (χ0) is 13.2. The van der Waals surface area contributed by atoms with E-state index in [1.165, 1.54) is 0 Å². The van der Waals surface area contributed by atoms with Crippen LogP contribution < -0.4 is 10.1 Å². The third-order valence-electron chi connectivity index (χ3n) is 3.44. The van der Waals surface area contributed by atoms with Gasteiger partial charge in [-0.1, -0.05) is 0 Å². The number of hydrogen-bond donors (Lipinski definition) is 1. The van der Waals surface area contributed by atoms with Gasteiger partial charge in [0.2, 0.25) is 0 Å². The molecule has 2 aromatic rings. The van der Waals surface area contributed by atoms with Crippen LogP contribution in [0.15, 0.2) is 30.3 Å². The lowest BCUT2D eigenvalue weighted by Crippen LogP contribution is -2.40. The Kier molecular flexibility index (Phi) is 3.17. The van der Waals surface area contributed by atoms with Crippen LogP contribution in [0, 0.1) is 6.92 Å². The third kappa shape index (κ3) is 2.44. The van der Waals surface area contributed by atoms with Gasteiger partial charge in [-0.2, -0.15) is 0 Å². The molecule has 0 saturated carbocycles. The minimum Gasteiger partial charge on any atom is -0.497 e. The molecule has 1 aliphatic rings. The van der Waals surface area contributed by atoms with Crippen LogP contribution >= 0.6 is 0 Å². The van der Waals surface area contributed by atoms with E-state index in [2.05, 4.69) is 21.4 Å². The van der Waals surface area contributed by atoms with Gasteiger partial charge in [0.05, 0.1) is 18.5 Å². The van der Waals surface area contributed by atoms with Crippen molar-refractivity contribution < 1.29 is 4.74 Å². The molecule has 3 rings (SSSR count). The molecule has 1 aromatic carbocycles. The van der Waals surface area contributed by atoms with Crippen molar-refractivity contribution in [3.63, 3.8) is 0 Å². The molecular formula is C15H17N3O. The van der Waals surface area contributed by atoms with Crippen molar-refractivity contribution >= 4 is 0 Å². The highest BCUT2D eigenvalue weighted by atomic mass is 16.5. The predicted octanol–water partition coefficient (Wildman–Crippen LogP) is 2.15. The zero-order valence-electron chi connectivity index (χ0n) is 11.2. The lowest BCUT2D eigenvalue weighted by Gasteiger charge is -2.26. The molecule has 1 aliphatic heterocycles. The van der Waals surface area contributed by atoms with Crippen LogP contribution in [-0.2, 0) is 0 Å². The molecular weight excluding hydrogens is 238 g/mol. The van der Waals surface area contributed by atoms with Crippen LogP contribution in [0.2, 0.25) is 0 Å². The van der Waals surface area contributed by atoms with Gasteiger partial charge in [0.15, 0.2) is 0 Å². The Morgan fingerprint density at radius 3 is 2.47 bits per heavy atom. The van der Waals surface area contributed by atoms with E-state index in [0.29, 0.717) is 5.92 Å². The molecule has 0 unspecified atom stereocenters. The Bertz CT molecular complexity index is 576. The third-order valence-corrected chi connectivity index (χ3v) is 3.44. The maximum Gasteiger partial charge on any atom is 0.126 e. The van der Waals surface area contributed by atoms with Crippen LogP contribution in [0.25, 0.3) is 11.3 Å². The Morgan fingerprint density at radius 2 is 1.89 bits per heavy atom. The minimum absolute atomic E-state index is 0.527. The maximum atomic E-state index is 5.18. The summed E-state index contributed by atoms with van der Waals surface area (Å²) >= 11 is 0. The molecule has 0 radical (unpaired) electrons. The number of nitrogens with zero attached hydrogens (tertiary/aromatic N) is 2. The van der Waals surface area contributed by atoms with E-state index in [0.717, 1.165) is 41.6 Å². The average molecular weight is 255 g/mol. The smallest absolute Gasteiger partial charge is 0.126 e. The summed E-state index contributed by atoms with van der Waals surface area (Å²) in [5, 5.41) is 3.28. The highest BCUT2D eigenvalue weighted by molar-refractivity contribution is 5.60. The fourth-order valence-corrected chi connectivity index (χ4v) is 2.21. The molecule has 1 fully saturated rings. The first-order chi connectivity index (χ1) is 9.26. The van der Waals surface area contributed by atoms with Gasteiger partial charge >= 0.3 is 0 Å². The highest BCUT2D eigenvalue weighted by Crippen LogP contribution is 2.25. The van der Waals surface area contributed by atoms with E-state index >= 15 is 0 Å². The number of nitrogens with one attached hydrogen (secondary N) is 1. The standard InChI is InChI=1S/C15H17N3O/c1-10-17-14(7-15(18-10)12-8-16-9-12)11-3-5-13(19-2)6-4-11/h3-7,12,16H,8-9H2,1-2H3. The second kappa shape index (κ2) is 4.97. The largest absolute Gasteiger partial charge is 0.497 e. The molecule has 19 heavy (non-hydrogen) atoms. The predicted molar refractivity (Wildman–Crippen MR) is 74.4 cm³/mol. The van der Waals surface area contributed by atoms with E-state index in [1.54, 1.807) is 7.11 Å². The van der Waals surface area contributed by atoms with Crippen LogP contribution in [0.5, 0.6) is 5.75 Å². The summed E-state index contributed by atoms with van der Waals surface area (Å²) in [5.74, 6) is 2.21. The summed E-state index contributed by atoms with van der Waals surface area (Å²) in [6.45, 7) is 3.97. The van der Waals surface area contributed by atoms with Crippen molar-refractivity contribution in [3.05, 3.63) is 41.9 Å². The number of aromatic nitrogens is 2. The van der Waals surface area contributed by atoms with Gasteiger partial charge in [-0.25, -0.2) is 9.97 Å². The van der Waals surface area contributed by atoms with Gasteiger partial charge in [-0.05, 0) is 37.3 Å². The molecule has 4 nitrogen and oxygen atoms in total. The number of benzene rings is 1. The second-order valence-corrected chi connectivity index (χ2v) is 4.81. The fraction of sp³-hybridized carbons (Fsp3) is 0.333. The van der Waals surface area contributed by atoms with Crippen molar-refractivity contribution in [1.29, 1.82) is 0 Å². The quantitative estimate of drug-likeness (QED) is 0.913. The van der Waals surface area contributed by atoms with E-state index in [1.807, 2.05) is 31.2 Å². The van der Waals surface area contributed by atoms with Crippen LogP contribution in [0.4, 0.5) is 0 Å². The van der Waals surface area contributed by atoms with Gasteiger partial charge in [0, 0.05) is 24.6 Å². The molecule has 4 heteroatoms. The summed E-state index contributed by atoms with van der Waals surface area (Å²) in [6, 6.07) is 10.1. The summed E-state index contributed by atoms with van der Waals surface area (Å²) in [4.78, 5) is 9.07. The molecule has 1 saturated heterocycles. The van der Waals surface area contributed by atoms with Crippen LogP contribution in [0.1, 0.15) is 17.4 Å². The van der Waals surface area contributed by atoms with Crippen LogP contribution in [-0.4, -0.2) is 30.2 Å². The molecule has 0 atom stereocenters. The van der Waals surface area contributed by atoms with Crippen molar-refractivity contribution in [2.45, 2.75) is 12.8 Å². The number of methoxy groups -OCH3 is 1. The van der Waals surface area contributed by atoms with E-state index in [4.69, 9.17) is 4.74 Å². The molecule has 1 aromatic heterocycles. The van der Waals surface area contributed by atoms with Gasteiger partial charge in [-0.15, -0.1) is 0 Å². The van der Waals surface area contributed by atoms with Gasteiger partial charge in [-0.3, -0.25) is 0 Å². The fourth-order valence-electron chi connectivity index (χ4n) is 2.21. The van der Waals surface area contributed by atoms with E-state index in [-0.39, 0.29) is 0 Å². The molecule has 0 amide bonds. The molecule has 1 N–H and O–H groups in total. The molecule has 2 heterocycles. The average Bonchev–Trinajstić information content (AvgIpc) is 2.36. The first-order valence-corrected chi connectivity index (χ1v) is 6.47. The first-order valence-electron chi connectivity index (χ1n) is 6.47. The van der Waals surface area contributed by atoms with Crippen molar-refractivity contribution in [2.75, 3.05) is 20.2 Å². The van der Waals surface area contributed by atoms with Crippen molar-refractivity contribution in [1.82, 2.24) is 15.3 Å². The lowest BCUT2D eigenvalue weighted by atomic mass is 9.97. The van der Waals surface area contributed by atoms with Gasteiger partial charge < -0.3 is 10.1 Å². The molecule has 0 bridgehead atoms. The number of aryl methyl sites for hydroxylation is 1. The maximum absolute atomic E-state index is 5.18. The Balaban J connectivity index is 1.96.